The van der Waals surface area contributed by atoms with E-state index in [1.807, 2.05) is 49.4 Å². The first-order valence-corrected chi connectivity index (χ1v) is 11.5. The van der Waals surface area contributed by atoms with E-state index in [9.17, 15) is 9.18 Å². The van der Waals surface area contributed by atoms with Crippen LogP contribution in [0.4, 0.5) is 15.9 Å². The van der Waals surface area contributed by atoms with Gasteiger partial charge in [-0.05, 0) is 43.3 Å². The summed E-state index contributed by atoms with van der Waals surface area (Å²) in [6, 6.07) is 13.7. The molecule has 0 spiro atoms. The van der Waals surface area contributed by atoms with E-state index in [0.29, 0.717) is 34.2 Å². The highest BCUT2D eigenvalue weighted by molar-refractivity contribution is 5.82. The van der Waals surface area contributed by atoms with Crippen LogP contribution in [-0.4, -0.2) is 29.6 Å². The first-order chi connectivity index (χ1) is 18.1. The van der Waals surface area contributed by atoms with Crippen LogP contribution < -0.4 is 15.9 Å². The quantitative estimate of drug-likeness (QED) is 0.301. The number of aromatic nitrogens is 6. The van der Waals surface area contributed by atoms with Gasteiger partial charge in [-0.15, -0.1) is 0 Å². The molecule has 0 atom stereocenters. The van der Waals surface area contributed by atoms with Gasteiger partial charge in [-0.3, -0.25) is 4.79 Å². The maximum Gasteiger partial charge on any atom is 0.283 e. The van der Waals surface area contributed by atoms with Crippen LogP contribution in [0.15, 0.2) is 103 Å². The zero-order valence-corrected chi connectivity index (χ0v) is 20.0. The van der Waals surface area contributed by atoms with Gasteiger partial charge in [0.15, 0.2) is 17.3 Å². The highest BCUT2D eigenvalue weighted by atomic mass is 19.1. The van der Waals surface area contributed by atoms with Crippen molar-refractivity contribution in [2.24, 2.45) is 0 Å². The van der Waals surface area contributed by atoms with Crippen LogP contribution in [0.25, 0.3) is 22.1 Å². The van der Waals surface area contributed by atoms with Crippen molar-refractivity contribution in [2.45, 2.75) is 13.5 Å². The number of imidazole rings is 1. The van der Waals surface area contributed by atoms with Crippen LogP contribution >= 0.6 is 0 Å². The van der Waals surface area contributed by atoms with Crippen molar-refractivity contribution in [3.63, 3.8) is 0 Å². The van der Waals surface area contributed by atoms with E-state index in [2.05, 4.69) is 31.8 Å². The lowest BCUT2D eigenvalue weighted by Gasteiger charge is -2.30. The molecule has 0 saturated carbocycles. The smallest absolute Gasteiger partial charge is 0.283 e. The fourth-order valence-corrected chi connectivity index (χ4v) is 4.05. The summed E-state index contributed by atoms with van der Waals surface area (Å²) in [5.41, 5.74) is 2.11. The van der Waals surface area contributed by atoms with Crippen LogP contribution in [0.1, 0.15) is 12.7 Å². The third-order valence-electron chi connectivity index (χ3n) is 5.60. The average Bonchev–Trinajstić information content (AvgIpc) is 3.39. The molecule has 0 aliphatic heterocycles. The van der Waals surface area contributed by atoms with Crippen molar-refractivity contribution >= 4 is 33.6 Å². The first kappa shape index (κ1) is 23.6. The van der Waals surface area contributed by atoms with Crippen molar-refractivity contribution in [3.8, 4) is 0 Å². The van der Waals surface area contributed by atoms with Gasteiger partial charge in [0.05, 0.1) is 29.8 Å². The molecular weight excluding hydrogens is 471 g/mol. The summed E-state index contributed by atoms with van der Waals surface area (Å²) in [6.07, 6.45) is 9.99. The lowest BCUT2D eigenvalue weighted by Crippen LogP contribution is -2.41. The number of hydrogen-bond acceptors (Lipinski definition) is 7. The third kappa shape index (κ3) is 4.47. The molecule has 0 unspecified atom stereocenters. The number of hydrogen-bond donors (Lipinski definition) is 2. The van der Waals surface area contributed by atoms with Crippen LogP contribution in [-0.2, 0) is 6.54 Å². The van der Waals surface area contributed by atoms with E-state index in [0.717, 1.165) is 0 Å². The Labute approximate surface area is 211 Å². The standard InChI is InChI=1S/C27H23FN8O/c1-3-9-18(10-4-2)35(19-11-6-5-7-12-19)36-22(34-21-14-8-13-20(28)23(21)27(36)37)15-29-25-24-26(31-16-30-24)33-17-32-25/h3-14,16-17H,1,15H2,2H3,(H2,29,30,31,32,33)/b10-4-,18-9+. The van der Waals surface area contributed by atoms with Gasteiger partial charge in [-0.1, -0.05) is 43.0 Å². The zero-order valence-electron chi connectivity index (χ0n) is 20.0. The molecule has 0 saturated heterocycles. The van der Waals surface area contributed by atoms with Crippen LogP contribution in [0.5, 0.6) is 0 Å². The Morgan fingerprint density at radius 3 is 2.78 bits per heavy atom. The van der Waals surface area contributed by atoms with E-state index >= 15 is 0 Å². The first-order valence-electron chi connectivity index (χ1n) is 11.5. The maximum atomic E-state index is 15.0. The number of para-hydroxylation sites is 1. The predicted octanol–water partition coefficient (Wildman–Crippen LogP) is 4.73. The summed E-state index contributed by atoms with van der Waals surface area (Å²) >= 11 is 0. The van der Waals surface area contributed by atoms with Gasteiger partial charge in [0.1, 0.15) is 23.0 Å². The summed E-state index contributed by atoms with van der Waals surface area (Å²) in [7, 11) is 0. The van der Waals surface area contributed by atoms with Crippen molar-refractivity contribution in [2.75, 3.05) is 10.3 Å². The van der Waals surface area contributed by atoms with Gasteiger partial charge in [-0.25, -0.2) is 29.3 Å². The van der Waals surface area contributed by atoms with E-state index in [4.69, 9.17) is 4.98 Å². The van der Waals surface area contributed by atoms with E-state index in [-0.39, 0.29) is 17.4 Å². The number of aromatic amines is 1. The van der Waals surface area contributed by atoms with Gasteiger partial charge in [-0.2, -0.15) is 4.68 Å². The SMILES string of the molecule is C=C/C=C(\C=C/C)N(c1ccccc1)n1c(CNc2ncnc3nc[nH]c23)nc2cccc(F)c2c1=O. The average molecular weight is 495 g/mol. The molecule has 3 heterocycles. The van der Waals surface area contributed by atoms with Gasteiger partial charge in [0.2, 0.25) is 0 Å². The summed E-state index contributed by atoms with van der Waals surface area (Å²) in [5, 5.41) is 4.80. The zero-order chi connectivity index (χ0) is 25.8. The summed E-state index contributed by atoms with van der Waals surface area (Å²) in [4.78, 5) is 34.3. The molecule has 184 valence electrons. The van der Waals surface area contributed by atoms with E-state index < -0.39 is 11.4 Å². The number of nitrogens with one attached hydrogen (secondary N) is 2. The molecule has 9 nitrogen and oxygen atoms in total. The van der Waals surface area contributed by atoms with Crippen molar-refractivity contribution in [1.82, 2.24) is 29.6 Å². The Morgan fingerprint density at radius 2 is 2.00 bits per heavy atom. The second-order valence-corrected chi connectivity index (χ2v) is 7.93. The van der Waals surface area contributed by atoms with Crippen LogP contribution in [0.2, 0.25) is 0 Å². The van der Waals surface area contributed by atoms with Gasteiger partial charge >= 0.3 is 0 Å². The van der Waals surface area contributed by atoms with Crippen LogP contribution in [0.3, 0.4) is 0 Å². The van der Waals surface area contributed by atoms with Crippen LogP contribution in [0, 0.1) is 5.82 Å². The minimum Gasteiger partial charge on any atom is -0.361 e. The highest BCUT2D eigenvalue weighted by Crippen LogP contribution is 2.24. The minimum absolute atomic E-state index is 0.0906. The maximum absolute atomic E-state index is 15.0. The molecule has 2 N–H and O–H groups in total. The van der Waals surface area contributed by atoms with Gasteiger partial charge < -0.3 is 10.3 Å². The fourth-order valence-electron chi connectivity index (χ4n) is 4.05. The second kappa shape index (κ2) is 10.2. The van der Waals surface area contributed by atoms with Crippen molar-refractivity contribution in [3.05, 3.63) is 120 Å². The molecule has 0 amide bonds. The number of anilines is 2. The summed E-state index contributed by atoms with van der Waals surface area (Å²) in [6.45, 7) is 5.79. The molecular formula is C27H23FN8O. The Balaban J connectivity index is 1.75. The normalized spacial score (nSPS) is 11.9. The Morgan fingerprint density at radius 1 is 1.16 bits per heavy atom. The van der Waals surface area contributed by atoms with Crippen molar-refractivity contribution in [1.29, 1.82) is 0 Å². The lowest BCUT2D eigenvalue weighted by molar-refractivity contribution is 0.629. The minimum atomic E-state index is -0.647. The summed E-state index contributed by atoms with van der Waals surface area (Å²) in [5.74, 6) is 0.174. The molecule has 5 aromatic rings. The number of allylic oxidation sites excluding steroid dienone is 4. The molecule has 3 aromatic heterocycles. The van der Waals surface area contributed by atoms with E-state index in [1.54, 1.807) is 23.2 Å². The number of halogens is 1. The molecule has 0 fully saturated rings. The molecule has 0 bridgehead atoms. The topological polar surface area (TPSA) is 105 Å². The lowest BCUT2D eigenvalue weighted by atomic mass is 10.2. The molecule has 0 radical (unpaired) electrons. The van der Waals surface area contributed by atoms with Crippen molar-refractivity contribution < 1.29 is 4.39 Å². The van der Waals surface area contributed by atoms with E-state index in [1.165, 1.54) is 29.5 Å². The molecule has 37 heavy (non-hydrogen) atoms. The number of rotatable bonds is 8. The Kier molecular flexibility index (Phi) is 6.54. The number of fused-ring (bicyclic) bond motifs is 2. The molecule has 5 rings (SSSR count). The Bertz CT molecular complexity index is 1700. The number of benzene rings is 2. The van der Waals surface area contributed by atoms with Gasteiger partial charge in [0, 0.05) is 0 Å². The molecule has 2 aromatic carbocycles. The number of H-pyrrole nitrogens is 1. The largest absolute Gasteiger partial charge is 0.361 e. The summed E-state index contributed by atoms with van der Waals surface area (Å²) < 4.78 is 16.3. The third-order valence-corrected chi connectivity index (χ3v) is 5.60. The molecule has 0 aliphatic rings. The highest BCUT2D eigenvalue weighted by Gasteiger charge is 2.22. The van der Waals surface area contributed by atoms with Gasteiger partial charge in [0.25, 0.3) is 5.56 Å². The number of nitrogens with zero attached hydrogens (tertiary/aromatic N) is 6. The Hall–Kier alpha value is -5.12. The molecule has 0 aliphatic carbocycles. The molecule has 10 heteroatoms. The fraction of sp³-hybridized carbons (Fsp3) is 0.0741. The predicted molar refractivity (Wildman–Crippen MR) is 142 cm³/mol. The second-order valence-electron chi connectivity index (χ2n) is 7.93. The monoisotopic (exact) mass is 494 g/mol.